The normalized spacial score (nSPS) is 17.2. The number of likely N-dealkylation sites (tertiary alicyclic amines) is 1. The summed E-state index contributed by atoms with van der Waals surface area (Å²) in [5, 5.41) is 7.51. The number of benzene rings is 1. The number of aromatic nitrogens is 3. The number of nitrogens with one attached hydrogen (secondary N) is 1. The molecule has 0 spiro atoms. The molecule has 1 aliphatic rings. The van der Waals surface area contributed by atoms with Gasteiger partial charge in [-0.1, -0.05) is 12.1 Å². The van der Waals surface area contributed by atoms with Gasteiger partial charge >= 0.3 is 6.03 Å². The molecular formula is C19H23N5O2. The minimum absolute atomic E-state index is 0.0369. The van der Waals surface area contributed by atoms with E-state index < -0.39 is 0 Å². The van der Waals surface area contributed by atoms with E-state index in [4.69, 9.17) is 4.42 Å². The lowest BCUT2D eigenvalue weighted by Crippen LogP contribution is -2.39. The highest BCUT2D eigenvalue weighted by Gasteiger charge is 2.28. The summed E-state index contributed by atoms with van der Waals surface area (Å²) in [5.74, 6) is 0.647. The van der Waals surface area contributed by atoms with Crippen LogP contribution in [0.4, 0.5) is 4.79 Å². The Morgan fingerprint density at radius 1 is 1.35 bits per heavy atom. The van der Waals surface area contributed by atoms with Gasteiger partial charge in [-0.05, 0) is 38.5 Å². The van der Waals surface area contributed by atoms with Gasteiger partial charge in [0, 0.05) is 31.7 Å². The molecule has 0 bridgehead atoms. The van der Waals surface area contributed by atoms with Gasteiger partial charge in [-0.3, -0.25) is 4.68 Å². The summed E-state index contributed by atoms with van der Waals surface area (Å²) in [4.78, 5) is 18.7. The number of urea groups is 1. The van der Waals surface area contributed by atoms with Gasteiger partial charge < -0.3 is 14.6 Å². The zero-order valence-electron chi connectivity index (χ0n) is 15.1. The number of oxazole rings is 1. The molecule has 1 N–H and O–H groups in total. The van der Waals surface area contributed by atoms with E-state index in [1.807, 2.05) is 40.8 Å². The van der Waals surface area contributed by atoms with E-state index in [-0.39, 0.29) is 12.1 Å². The monoisotopic (exact) mass is 353 g/mol. The van der Waals surface area contributed by atoms with Crippen molar-refractivity contribution in [2.45, 2.75) is 32.7 Å². The van der Waals surface area contributed by atoms with Crippen LogP contribution in [0.15, 0.2) is 34.7 Å². The standard InChI is InChI=1S/C19H23N5O2/c1-13-11-14(2)24(22-13)15-8-10-23(12-15)19(25)20-9-7-18-21-16-5-3-4-6-17(16)26-18/h3-6,11,15H,7-10,12H2,1-2H3,(H,20,25). The maximum absolute atomic E-state index is 12.4. The summed E-state index contributed by atoms with van der Waals surface area (Å²) in [7, 11) is 0. The van der Waals surface area contributed by atoms with Gasteiger partial charge in [0.1, 0.15) is 5.52 Å². The summed E-state index contributed by atoms with van der Waals surface area (Å²) >= 11 is 0. The first-order chi connectivity index (χ1) is 12.6. The second-order valence-electron chi connectivity index (χ2n) is 6.82. The summed E-state index contributed by atoms with van der Waals surface area (Å²) < 4.78 is 7.72. The van der Waals surface area contributed by atoms with Crippen molar-refractivity contribution in [3.8, 4) is 0 Å². The number of amides is 2. The van der Waals surface area contributed by atoms with Crippen LogP contribution in [0.2, 0.25) is 0 Å². The predicted octanol–water partition coefficient (Wildman–Crippen LogP) is 2.84. The van der Waals surface area contributed by atoms with Crippen LogP contribution in [0.25, 0.3) is 11.1 Å². The Morgan fingerprint density at radius 2 is 2.19 bits per heavy atom. The first kappa shape index (κ1) is 16.6. The predicted molar refractivity (Wildman–Crippen MR) is 98.0 cm³/mol. The molecule has 1 atom stereocenters. The minimum Gasteiger partial charge on any atom is -0.441 e. The quantitative estimate of drug-likeness (QED) is 0.782. The molecule has 0 saturated carbocycles. The smallest absolute Gasteiger partial charge is 0.317 e. The fourth-order valence-electron chi connectivity index (χ4n) is 3.56. The molecule has 0 radical (unpaired) electrons. The van der Waals surface area contributed by atoms with Crippen LogP contribution in [0.1, 0.15) is 29.7 Å². The maximum atomic E-state index is 12.4. The fraction of sp³-hybridized carbons (Fsp3) is 0.421. The van der Waals surface area contributed by atoms with Crippen LogP contribution in [0.5, 0.6) is 0 Å². The van der Waals surface area contributed by atoms with Crippen LogP contribution in [0, 0.1) is 13.8 Å². The third kappa shape index (κ3) is 3.29. The molecular weight excluding hydrogens is 330 g/mol. The van der Waals surface area contributed by atoms with Crippen molar-refractivity contribution < 1.29 is 9.21 Å². The van der Waals surface area contributed by atoms with E-state index in [2.05, 4.69) is 28.4 Å². The molecule has 1 unspecified atom stereocenters. The number of aryl methyl sites for hydroxylation is 2. The van der Waals surface area contributed by atoms with Crippen LogP contribution in [-0.2, 0) is 6.42 Å². The summed E-state index contributed by atoms with van der Waals surface area (Å²) in [5.41, 5.74) is 3.79. The number of hydrogen-bond donors (Lipinski definition) is 1. The third-order valence-corrected chi connectivity index (χ3v) is 4.79. The summed E-state index contributed by atoms with van der Waals surface area (Å²) in [6.45, 7) is 6.00. The molecule has 1 fully saturated rings. The highest BCUT2D eigenvalue weighted by molar-refractivity contribution is 5.74. The maximum Gasteiger partial charge on any atom is 0.317 e. The highest BCUT2D eigenvalue weighted by Crippen LogP contribution is 2.23. The van der Waals surface area contributed by atoms with Gasteiger partial charge in [-0.15, -0.1) is 0 Å². The molecule has 1 aliphatic heterocycles. The number of hydrogen-bond acceptors (Lipinski definition) is 4. The topological polar surface area (TPSA) is 76.2 Å². The lowest BCUT2D eigenvalue weighted by atomic mass is 10.2. The lowest BCUT2D eigenvalue weighted by Gasteiger charge is -2.18. The molecule has 3 heterocycles. The molecule has 26 heavy (non-hydrogen) atoms. The number of fused-ring (bicyclic) bond motifs is 1. The van der Waals surface area contributed by atoms with Gasteiger partial charge in [-0.25, -0.2) is 9.78 Å². The first-order valence-corrected chi connectivity index (χ1v) is 9.00. The number of carbonyl (C=O) groups excluding carboxylic acids is 1. The molecule has 7 heteroatoms. The van der Waals surface area contributed by atoms with E-state index >= 15 is 0 Å². The minimum atomic E-state index is -0.0369. The van der Waals surface area contributed by atoms with Crippen molar-refractivity contribution in [3.05, 3.63) is 47.6 Å². The van der Waals surface area contributed by atoms with Gasteiger partial charge in [-0.2, -0.15) is 5.10 Å². The first-order valence-electron chi connectivity index (χ1n) is 9.00. The lowest BCUT2D eigenvalue weighted by molar-refractivity contribution is 0.206. The molecule has 1 aromatic carbocycles. The SMILES string of the molecule is Cc1cc(C)n(C2CCN(C(=O)NCCc3nc4ccccc4o3)C2)n1. The largest absolute Gasteiger partial charge is 0.441 e. The number of rotatable bonds is 4. The molecule has 2 amide bonds. The van der Waals surface area contributed by atoms with Gasteiger partial charge in [0.2, 0.25) is 0 Å². The molecule has 2 aromatic heterocycles. The van der Waals surface area contributed by atoms with Crippen molar-refractivity contribution in [2.75, 3.05) is 19.6 Å². The third-order valence-electron chi connectivity index (χ3n) is 4.79. The summed E-state index contributed by atoms with van der Waals surface area (Å²) in [6.07, 6.45) is 1.51. The van der Waals surface area contributed by atoms with E-state index in [1.54, 1.807) is 0 Å². The van der Waals surface area contributed by atoms with E-state index in [0.29, 0.717) is 25.4 Å². The van der Waals surface area contributed by atoms with E-state index in [1.165, 1.54) is 0 Å². The second-order valence-corrected chi connectivity index (χ2v) is 6.82. The fourth-order valence-corrected chi connectivity index (χ4v) is 3.56. The Balaban J connectivity index is 1.29. The molecule has 1 saturated heterocycles. The molecule has 3 aromatic rings. The molecule has 0 aliphatic carbocycles. The van der Waals surface area contributed by atoms with Gasteiger partial charge in [0.15, 0.2) is 11.5 Å². The van der Waals surface area contributed by atoms with Crippen LogP contribution in [-0.4, -0.2) is 45.3 Å². The van der Waals surface area contributed by atoms with Gasteiger partial charge in [0.25, 0.3) is 0 Å². The Morgan fingerprint density at radius 3 is 2.96 bits per heavy atom. The van der Waals surface area contributed by atoms with Crippen molar-refractivity contribution in [1.29, 1.82) is 0 Å². The molecule has 4 rings (SSSR count). The summed E-state index contributed by atoms with van der Waals surface area (Å²) in [6, 6.07) is 9.96. The highest BCUT2D eigenvalue weighted by atomic mass is 16.3. The zero-order chi connectivity index (χ0) is 18.1. The number of para-hydroxylation sites is 2. The Hall–Kier alpha value is -2.83. The van der Waals surface area contributed by atoms with Crippen LogP contribution < -0.4 is 5.32 Å². The van der Waals surface area contributed by atoms with Crippen molar-refractivity contribution in [1.82, 2.24) is 25.0 Å². The average Bonchev–Trinajstić information content (AvgIpc) is 3.32. The van der Waals surface area contributed by atoms with E-state index in [0.717, 1.165) is 35.5 Å². The Kier molecular flexibility index (Phi) is 4.36. The Labute approximate surface area is 152 Å². The van der Waals surface area contributed by atoms with Crippen molar-refractivity contribution in [3.63, 3.8) is 0 Å². The van der Waals surface area contributed by atoms with Gasteiger partial charge in [0.05, 0.1) is 11.7 Å². The number of carbonyl (C=O) groups is 1. The molecule has 7 nitrogen and oxygen atoms in total. The van der Waals surface area contributed by atoms with Crippen LogP contribution >= 0.6 is 0 Å². The zero-order valence-corrected chi connectivity index (χ0v) is 15.1. The van der Waals surface area contributed by atoms with Crippen LogP contribution in [0.3, 0.4) is 0 Å². The average molecular weight is 353 g/mol. The van der Waals surface area contributed by atoms with Crippen molar-refractivity contribution >= 4 is 17.1 Å². The second kappa shape index (κ2) is 6.82. The van der Waals surface area contributed by atoms with Crippen molar-refractivity contribution in [2.24, 2.45) is 0 Å². The molecule has 136 valence electrons. The number of nitrogens with zero attached hydrogens (tertiary/aromatic N) is 4. The Bertz CT molecular complexity index is 896. The van der Waals surface area contributed by atoms with E-state index in [9.17, 15) is 4.79 Å².